The lowest BCUT2D eigenvalue weighted by Gasteiger charge is -2.08. The first-order chi connectivity index (χ1) is 5.20. The van der Waals surface area contributed by atoms with Gasteiger partial charge in [0.2, 0.25) is 0 Å². The van der Waals surface area contributed by atoms with Crippen LogP contribution < -0.4 is 5.73 Å². The van der Waals surface area contributed by atoms with Crippen molar-refractivity contribution in [3.8, 4) is 0 Å². The SMILES string of the molecule is NCCCC(CF)CC(=O)O. The predicted octanol–water partition coefficient (Wildman–Crippen LogP) is 0.786. The van der Waals surface area contributed by atoms with Crippen molar-refractivity contribution in [1.29, 1.82) is 0 Å². The standard InChI is InChI=1S/C7H14FNO2/c8-5-6(2-1-3-9)4-7(10)11/h6H,1-5,9H2,(H,10,11). The summed E-state index contributed by atoms with van der Waals surface area (Å²) >= 11 is 0. The summed E-state index contributed by atoms with van der Waals surface area (Å²) in [5.74, 6) is -1.29. The fourth-order valence-electron chi connectivity index (χ4n) is 0.887. The van der Waals surface area contributed by atoms with Gasteiger partial charge in [-0.1, -0.05) is 0 Å². The zero-order valence-electron chi connectivity index (χ0n) is 6.42. The molecule has 0 rings (SSSR count). The van der Waals surface area contributed by atoms with Gasteiger partial charge in [-0.25, -0.2) is 0 Å². The first-order valence-electron chi connectivity index (χ1n) is 3.68. The lowest BCUT2D eigenvalue weighted by atomic mass is 10.0. The molecule has 0 radical (unpaired) electrons. The van der Waals surface area contributed by atoms with Crippen molar-refractivity contribution in [1.82, 2.24) is 0 Å². The lowest BCUT2D eigenvalue weighted by Crippen LogP contribution is -2.11. The van der Waals surface area contributed by atoms with Crippen molar-refractivity contribution < 1.29 is 14.3 Å². The van der Waals surface area contributed by atoms with Gasteiger partial charge in [0.05, 0.1) is 13.1 Å². The molecule has 0 heterocycles. The molecule has 0 bridgehead atoms. The van der Waals surface area contributed by atoms with Gasteiger partial charge in [0.1, 0.15) is 0 Å². The molecule has 3 nitrogen and oxygen atoms in total. The Bertz CT molecular complexity index is 119. The molecule has 0 saturated heterocycles. The van der Waals surface area contributed by atoms with Crippen molar-refractivity contribution >= 4 is 5.97 Å². The fraction of sp³-hybridized carbons (Fsp3) is 0.857. The van der Waals surface area contributed by atoms with E-state index in [1.54, 1.807) is 0 Å². The van der Waals surface area contributed by atoms with E-state index < -0.39 is 12.6 Å². The number of aliphatic carboxylic acids is 1. The van der Waals surface area contributed by atoms with E-state index in [0.717, 1.165) is 0 Å². The Morgan fingerprint density at radius 1 is 1.64 bits per heavy atom. The first-order valence-corrected chi connectivity index (χ1v) is 3.68. The lowest BCUT2D eigenvalue weighted by molar-refractivity contribution is -0.138. The summed E-state index contributed by atoms with van der Waals surface area (Å²) in [5.41, 5.74) is 5.19. The number of alkyl halides is 1. The Morgan fingerprint density at radius 3 is 2.64 bits per heavy atom. The molecule has 0 aliphatic rings. The number of nitrogens with two attached hydrogens (primary N) is 1. The van der Waals surface area contributed by atoms with Gasteiger partial charge in [-0.3, -0.25) is 9.18 Å². The molecule has 1 unspecified atom stereocenters. The summed E-state index contributed by atoms with van der Waals surface area (Å²) in [6.07, 6.45) is 1.18. The van der Waals surface area contributed by atoms with Gasteiger partial charge < -0.3 is 10.8 Å². The van der Waals surface area contributed by atoms with Crippen molar-refractivity contribution in [2.45, 2.75) is 19.3 Å². The Hall–Kier alpha value is -0.640. The summed E-state index contributed by atoms with van der Waals surface area (Å²) < 4.78 is 12.0. The quantitative estimate of drug-likeness (QED) is 0.608. The third kappa shape index (κ3) is 5.79. The number of carboxylic acid groups (broad SMARTS) is 1. The Kier molecular flexibility index (Phi) is 5.74. The molecular formula is C7H14FNO2. The van der Waals surface area contributed by atoms with E-state index in [1.165, 1.54) is 0 Å². The van der Waals surface area contributed by atoms with Gasteiger partial charge in [0, 0.05) is 0 Å². The summed E-state index contributed by atoms with van der Waals surface area (Å²) in [6, 6.07) is 0. The van der Waals surface area contributed by atoms with Crippen LogP contribution in [0.25, 0.3) is 0 Å². The van der Waals surface area contributed by atoms with Crippen molar-refractivity contribution in [2.75, 3.05) is 13.2 Å². The van der Waals surface area contributed by atoms with Gasteiger partial charge in [-0.05, 0) is 25.3 Å². The summed E-state index contributed by atoms with van der Waals surface area (Å²) in [7, 11) is 0. The van der Waals surface area contributed by atoms with Crippen molar-refractivity contribution in [2.24, 2.45) is 11.7 Å². The Balaban J connectivity index is 3.49. The van der Waals surface area contributed by atoms with E-state index in [-0.39, 0.29) is 12.3 Å². The van der Waals surface area contributed by atoms with Gasteiger partial charge in [0.25, 0.3) is 0 Å². The molecule has 0 fully saturated rings. The van der Waals surface area contributed by atoms with Crippen LogP contribution in [0, 0.1) is 5.92 Å². The maximum absolute atomic E-state index is 12.0. The van der Waals surface area contributed by atoms with Gasteiger partial charge in [-0.15, -0.1) is 0 Å². The second kappa shape index (κ2) is 6.09. The molecule has 11 heavy (non-hydrogen) atoms. The number of carbonyl (C=O) groups is 1. The van der Waals surface area contributed by atoms with E-state index >= 15 is 0 Å². The molecule has 3 N–H and O–H groups in total. The van der Waals surface area contributed by atoms with Crippen LogP contribution in [0.5, 0.6) is 0 Å². The minimum Gasteiger partial charge on any atom is -0.481 e. The van der Waals surface area contributed by atoms with Crippen LogP contribution >= 0.6 is 0 Å². The van der Waals surface area contributed by atoms with Crippen LogP contribution in [0.15, 0.2) is 0 Å². The smallest absolute Gasteiger partial charge is 0.303 e. The molecule has 0 amide bonds. The van der Waals surface area contributed by atoms with Crippen LogP contribution in [0.3, 0.4) is 0 Å². The number of hydrogen-bond donors (Lipinski definition) is 2. The van der Waals surface area contributed by atoms with E-state index in [4.69, 9.17) is 10.8 Å². The molecule has 4 heteroatoms. The van der Waals surface area contributed by atoms with E-state index in [0.29, 0.717) is 19.4 Å². The highest BCUT2D eigenvalue weighted by atomic mass is 19.1. The molecule has 0 aromatic carbocycles. The zero-order chi connectivity index (χ0) is 8.69. The van der Waals surface area contributed by atoms with Gasteiger partial charge in [-0.2, -0.15) is 0 Å². The van der Waals surface area contributed by atoms with Crippen molar-refractivity contribution in [3.63, 3.8) is 0 Å². The molecule has 0 aliphatic heterocycles. The molecule has 0 aromatic heterocycles. The number of rotatable bonds is 6. The second-order valence-electron chi connectivity index (χ2n) is 2.55. The zero-order valence-corrected chi connectivity index (χ0v) is 6.42. The fourth-order valence-corrected chi connectivity index (χ4v) is 0.887. The third-order valence-electron chi connectivity index (χ3n) is 1.50. The highest BCUT2D eigenvalue weighted by molar-refractivity contribution is 5.67. The normalized spacial score (nSPS) is 12.9. The number of carboxylic acids is 1. The summed E-state index contributed by atoms with van der Waals surface area (Å²) in [4.78, 5) is 10.1. The largest absolute Gasteiger partial charge is 0.481 e. The highest BCUT2D eigenvalue weighted by Gasteiger charge is 2.11. The van der Waals surface area contributed by atoms with Gasteiger partial charge >= 0.3 is 5.97 Å². The minimum atomic E-state index is -0.940. The average Bonchev–Trinajstić information content (AvgIpc) is 1.97. The van der Waals surface area contributed by atoms with E-state index in [9.17, 15) is 9.18 Å². The minimum absolute atomic E-state index is 0.0868. The van der Waals surface area contributed by atoms with E-state index in [1.807, 2.05) is 0 Å². The molecule has 0 aromatic rings. The van der Waals surface area contributed by atoms with Crippen LogP contribution in [0.4, 0.5) is 4.39 Å². The summed E-state index contributed by atoms with van der Waals surface area (Å²) in [6.45, 7) is -0.0670. The molecule has 0 aliphatic carbocycles. The Morgan fingerprint density at radius 2 is 2.27 bits per heavy atom. The van der Waals surface area contributed by atoms with E-state index in [2.05, 4.69) is 0 Å². The van der Waals surface area contributed by atoms with Crippen LogP contribution in [-0.4, -0.2) is 24.3 Å². The van der Waals surface area contributed by atoms with Crippen LogP contribution in [0.1, 0.15) is 19.3 Å². The highest BCUT2D eigenvalue weighted by Crippen LogP contribution is 2.10. The maximum atomic E-state index is 12.0. The molecular weight excluding hydrogens is 149 g/mol. The van der Waals surface area contributed by atoms with Crippen molar-refractivity contribution in [3.05, 3.63) is 0 Å². The second-order valence-corrected chi connectivity index (χ2v) is 2.55. The maximum Gasteiger partial charge on any atom is 0.303 e. The molecule has 66 valence electrons. The average molecular weight is 163 g/mol. The Labute approximate surface area is 65.4 Å². The number of halogens is 1. The molecule has 0 saturated carbocycles. The van der Waals surface area contributed by atoms with Crippen LogP contribution in [0.2, 0.25) is 0 Å². The summed E-state index contributed by atoms with van der Waals surface area (Å²) in [5, 5.41) is 8.32. The number of hydrogen-bond acceptors (Lipinski definition) is 2. The first kappa shape index (κ1) is 10.4. The molecule has 1 atom stereocenters. The third-order valence-corrected chi connectivity index (χ3v) is 1.50. The predicted molar refractivity (Wildman–Crippen MR) is 40.0 cm³/mol. The van der Waals surface area contributed by atoms with Gasteiger partial charge in [0.15, 0.2) is 0 Å². The monoisotopic (exact) mass is 163 g/mol. The topological polar surface area (TPSA) is 63.3 Å². The molecule has 0 spiro atoms. The van der Waals surface area contributed by atoms with Crippen LogP contribution in [-0.2, 0) is 4.79 Å².